The lowest BCUT2D eigenvalue weighted by Crippen LogP contribution is -2.43. The van der Waals surface area contributed by atoms with Gasteiger partial charge in [-0.3, -0.25) is 0 Å². The minimum atomic E-state index is 0.224. The van der Waals surface area contributed by atoms with Crippen LogP contribution in [-0.4, -0.2) is 42.5 Å². The van der Waals surface area contributed by atoms with Crippen LogP contribution in [0.2, 0.25) is 0 Å². The second kappa shape index (κ2) is 6.77. The van der Waals surface area contributed by atoms with Gasteiger partial charge in [0.1, 0.15) is 0 Å². The lowest BCUT2D eigenvalue weighted by molar-refractivity contribution is 0.158. The molecule has 0 N–H and O–H groups in total. The van der Waals surface area contributed by atoms with E-state index >= 15 is 0 Å². The number of carbonyl (C=O) groups is 1. The van der Waals surface area contributed by atoms with Crippen LogP contribution in [0.4, 0.5) is 4.79 Å². The summed E-state index contributed by atoms with van der Waals surface area (Å²) in [5, 5.41) is 0. The summed E-state index contributed by atoms with van der Waals surface area (Å²) < 4.78 is 0. The number of hydrogen-bond donors (Lipinski definition) is 0. The molecule has 1 rings (SSSR count). The Morgan fingerprint density at radius 3 is 2.31 bits per heavy atom. The first kappa shape index (κ1) is 13.3. The zero-order valence-corrected chi connectivity index (χ0v) is 11.0. The van der Waals surface area contributed by atoms with Gasteiger partial charge in [0, 0.05) is 26.7 Å². The summed E-state index contributed by atoms with van der Waals surface area (Å²) >= 11 is 0. The van der Waals surface area contributed by atoms with Gasteiger partial charge in [-0.1, -0.05) is 33.1 Å². The third-order valence-electron chi connectivity index (χ3n) is 3.49. The fourth-order valence-electron chi connectivity index (χ4n) is 2.18. The van der Waals surface area contributed by atoms with Gasteiger partial charge in [0.15, 0.2) is 0 Å². The largest absolute Gasteiger partial charge is 0.327 e. The van der Waals surface area contributed by atoms with Crippen LogP contribution in [0.1, 0.15) is 46.0 Å². The van der Waals surface area contributed by atoms with Gasteiger partial charge < -0.3 is 9.80 Å². The molecular formula is C13H26N2O. The molecule has 16 heavy (non-hydrogen) atoms. The van der Waals surface area contributed by atoms with Crippen molar-refractivity contribution in [3.05, 3.63) is 0 Å². The molecule has 1 aliphatic rings. The van der Waals surface area contributed by atoms with Gasteiger partial charge in [-0.05, 0) is 18.8 Å². The summed E-state index contributed by atoms with van der Waals surface area (Å²) in [6.07, 6.45) is 6.03. The van der Waals surface area contributed by atoms with E-state index in [4.69, 9.17) is 0 Å². The van der Waals surface area contributed by atoms with E-state index in [2.05, 4.69) is 13.8 Å². The molecule has 1 saturated heterocycles. The van der Waals surface area contributed by atoms with E-state index in [1.165, 1.54) is 25.7 Å². The summed E-state index contributed by atoms with van der Waals surface area (Å²) in [6, 6.07) is 0.224. The fraction of sp³-hybridized carbons (Fsp3) is 0.923. The molecule has 0 spiro atoms. The molecule has 1 unspecified atom stereocenters. The van der Waals surface area contributed by atoms with E-state index in [1.54, 1.807) is 0 Å². The summed E-state index contributed by atoms with van der Waals surface area (Å²) in [4.78, 5) is 16.1. The van der Waals surface area contributed by atoms with Crippen molar-refractivity contribution in [1.29, 1.82) is 0 Å². The van der Waals surface area contributed by atoms with E-state index in [-0.39, 0.29) is 6.03 Å². The first-order chi connectivity index (χ1) is 7.65. The van der Waals surface area contributed by atoms with Crippen LogP contribution < -0.4 is 0 Å². The Morgan fingerprint density at radius 2 is 1.81 bits per heavy atom. The zero-order chi connectivity index (χ0) is 12.0. The van der Waals surface area contributed by atoms with E-state index in [0.29, 0.717) is 5.92 Å². The Kier molecular flexibility index (Phi) is 5.64. The molecule has 94 valence electrons. The SMILES string of the molecule is CCC(C)CN(C)C(=O)N1CCCCCC1. The van der Waals surface area contributed by atoms with Crippen molar-refractivity contribution < 1.29 is 4.79 Å². The van der Waals surface area contributed by atoms with Crippen LogP contribution in [0.25, 0.3) is 0 Å². The molecule has 1 atom stereocenters. The molecule has 1 aliphatic heterocycles. The Bertz CT molecular complexity index is 210. The third-order valence-corrected chi connectivity index (χ3v) is 3.49. The first-order valence-electron chi connectivity index (χ1n) is 6.65. The Morgan fingerprint density at radius 1 is 1.25 bits per heavy atom. The molecule has 3 heteroatoms. The molecule has 0 aromatic rings. The van der Waals surface area contributed by atoms with Crippen molar-refractivity contribution in [1.82, 2.24) is 9.80 Å². The van der Waals surface area contributed by atoms with Crippen molar-refractivity contribution in [2.24, 2.45) is 5.92 Å². The molecule has 1 fully saturated rings. The predicted molar refractivity (Wildman–Crippen MR) is 67.5 cm³/mol. The maximum absolute atomic E-state index is 12.2. The molecule has 0 aromatic carbocycles. The first-order valence-corrected chi connectivity index (χ1v) is 6.65. The van der Waals surface area contributed by atoms with Crippen LogP contribution in [0.3, 0.4) is 0 Å². The summed E-state index contributed by atoms with van der Waals surface area (Å²) in [6.45, 7) is 7.15. The maximum Gasteiger partial charge on any atom is 0.319 e. The van der Waals surface area contributed by atoms with Gasteiger partial charge in [-0.2, -0.15) is 0 Å². The van der Waals surface area contributed by atoms with Gasteiger partial charge in [0.05, 0.1) is 0 Å². The van der Waals surface area contributed by atoms with Crippen molar-refractivity contribution in [3.8, 4) is 0 Å². The van der Waals surface area contributed by atoms with Gasteiger partial charge in [-0.15, -0.1) is 0 Å². The number of urea groups is 1. The minimum Gasteiger partial charge on any atom is -0.327 e. The van der Waals surface area contributed by atoms with Gasteiger partial charge in [0.2, 0.25) is 0 Å². The number of hydrogen-bond acceptors (Lipinski definition) is 1. The highest BCUT2D eigenvalue weighted by atomic mass is 16.2. The van der Waals surface area contributed by atoms with Crippen LogP contribution in [0.5, 0.6) is 0 Å². The predicted octanol–water partition coefficient (Wildman–Crippen LogP) is 2.96. The highest BCUT2D eigenvalue weighted by Crippen LogP contribution is 2.12. The topological polar surface area (TPSA) is 23.6 Å². The lowest BCUT2D eigenvalue weighted by atomic mass is 10.1. The van der Waals surface area contributed by atoms with E-state index in [9.17, 15) is 4.79 Å². The molecule has 3 nitrogen and oxygen atoms in total. The second-order valence-electron chi connectivity index (χ2n) is 5.08. The average molecular weight is 226 g/mol. The third kappa shape index (κ3) is 4.03. The molecule has 0 aromatic heterocycles. The lowest BCUT2D eigenvalue weighted by Gasteiger charge is -2.28. The summed E-state index contributed by atoms with van der Waals surface area (Å²) in [7, 11) is 1.93. The molecule has 0 aliphatic carbocycles. The zero-order valence-electron chi connectivity index (χ0n) is 11.0. The van der Waals surface area contributed by atoms with Crippen molar-refractivity contribution >= 4 is 6.03 Å². The van der Waals surface area contributed by atoms with E-state index in [1.807, 2.05) is 16.8 Å². The minimum absolute atomic E-state index is 0.224. The maximum atomic E-state index is 12.2. The quantitative estimate of drug-likeness (QED) is 0.725. The van der Waals surface area contributed by atoms with E-state index in [0.717, 1.165) is 26.1 Å². The van der Waals surface area contributed by atoms with Gasteiger partial charge >= 0.3 is 6.03 Å². The van der Waals surface area contributed by atoms with Crippen molar-refractivity contribution in [2.45, 2.75) is 46.0 Å². The van der Waals surface area contributed by atoms with Gasteiger partial charge in [-0.25, -0.2) is 4.79 Å². The normalized spacial score (nSPS) is 19.1. The number of likely N-dealkylation sites (tertiary alicyclic amines) is 1. The van der Waals surface area contributed by atoms with Crippen LogP contribution in [0.15, 0.2) is 0 Å². The van der Waals surface area contributed by atoms with E-state index < -0.39 is 0 Å². The van der Waals surface area contributed by atoms with Crippen LogP contribution in [0, 0.1) is 5.92 Å². The molecule has 0 saturated carbocycles. The fourth-order valence-corrected chi connectivity index (χ4v) is 2.18. The standard InChI is InChI=1S/C13H26N2O/c1-4-12(2)11-14(3)13(16)15-9-7-5-6-8-10-15/h12H,4-11H2,1-3H3. The average Bonchev–Trinajstić information content (AvgIpc) is 2.56. The highest BCUT2D eigenvalue weighted by Gasteiger charge is 2.19. The molecule has 2 amide bonds. The van der Waals surface area contributed by atoms with Gasteiger partial charge in [0.25, 0.3) is 0 Å². The van der Waals surface area contributed by atoms with Crippen molar-refractivity contribution in [3.63, 3.8) is 0 Å². The smallest absolute Gasteiger partial charge is 0.319 e. The number of carbonyl (C=O) groups excluding carboxylic acids is 1. The number of rotatable bonds is 3. The summed E-state index contributed by atoms with van der Waals surface area (Å²) in [5.41, 5.74) is 0. The van der Waals surface area contributed by atoms with Crippen molar-refractivity contribution in [2.75, 3.05) is 26.7 Å². The molecule has 0 bridgehead atoms. The number of amides is 2. The molecule has 0 radical (unpaired) electrons. The number of nitrogens with zero attached hydrogens (tertiary/aromatic N) is 2. The Hall–Kier alpha value is -0.730. The monoisotopic (exact) mass is 226 g/mol. The Labute approximate surface area is 99.8 Å². The molecule has 1 heterocycles. The van der Waals surface area contributed by atoms with Crippen LogP contribution >= 0.6 is 0 Å². The molecular weight excluding hydrogens is 200 g/mol. The summed E-state index contributed by atoms with van der Waals surface area (Å²) in [5.74, 6) is 0.598. The highest BCUT2D eigenvalue weighted by molar-refractivity contribution is 5.74. The second-order valence-corrected chi connectivity index (χ2v) is 5.08. The van der Waals surface area contributed by atoms with Crippen LogP contribution in [-0.2, 0) is 0 Å². The Balaban J connectivity index is 2.41.